The molecule has 0 bridgehead atoms. The number of ether oxygens (including phenoxy) is 1. The standard InChI is InChI=1S/C24H27N3O5/c1-32-18-7-8-21-19(13-18)20(15-27(21)16-22(28)29)23(24(30)31)26-11-9-25(10-12-26)14-17-5-3-2-4-6-17/h2-8,13,15,23H,9-12,14,16H2,1H3,(H,28,29)(H,30,31)/t23-/m1/s1. The van der Waals surface area contributed by atoms with E-state index in [-0.39, 0.29) is 6.54 Å². The lowest BCUT2D eigenvalue weighted by Crippen LogP contribution is -2.48. The molecule has 0 saturated carbocycles. The van der Waals surface area contributed by atoms with E-state index in [0.29, 0.717) is 35.3 Å². The first-order valence-corrected chi connectivity index (χ1v) is 10.6. The number of hydrogen-bond acceptors (Lipinski definition) is 5. The molecule has 0 aliphatic carbocycles. The number of carbonyl (C=O) groups is 2. The number of aromatic nitrogens is 1. The van der Waals surface area contributed by atoms with E-state index in [9.17, 15) is 19.8 Å². The first kappa shape index (κ1) is 21.9. The SMILES string of the molecule is COc1ccc2c(c1)c([C@H](C(=O)O)N1CCN(Cc3ccccc3)CC1)cn2CC(=O)O. The first-order valence-electron chi connectivity index (χ1n) is 10.6. The average molecular weight is 437 g/mol. The van der Waals surface area contributed by atoms with Gasteiger partial charge >= 0.3 is 11.9 Å². The Balaban J connectivity index is 1.60. The molecule has 4 rings (SSSR count). The quantitative estimate of drug-likeness (QED) is 0.559. The Kier molecular flexibility index (Phi) is 6.43. The Hall–Kier alpha value is -3.36. The van der Waals surface area contributed by atoms with Crippen LogP contribution >= 0.6 is 0 Å². The second-order valence-corrected chi connectivity index (χ2v) is 8.03. The molecule has 168 valence electrons. The Labute approximate surface area is 186 Å². The minimum atomic E-state index is -0.981. The van der Waals surface area contributed by atoms with Crippen LogP contribution in [0.1, 0.15) is 17.2 Å². The van der Waals surface area contributed by atoms with E-state index in [1.807, 2.05) is 23.1 Å². The molecule has 0 radical (unpaired) electrons. The molecule has 8 heteroatoms. The minimum Gasteiger partial charge on any atom is -0.497 e. The van der Waals surface area contributed by atoms with Crippen molar-refractivity contribution in [1.29, 1.82) is 0 Å². The fraction of sp³-hybridized carbons (Fsp3) is 0.333. The van der Waals surface area contributed by atoms with Crippen molar-refractivity contribution in [2.75, 3.05) is 33.3 Å². The molecule has 0 amide bonds. The maximum atomic E-state index is 12.4. The van der Waals surface area contributed by atoms with Crippen molar-refractivity contribution in [2.45, 2.75) is 19.1 Å². The number of nitrogens with zero attached hydrogens (tertiary/aromatic N) is 3. The van der Waals surface area contributed by atoms with Crippen molar-refractivity contribution in [3.05, 3.63) is 65.9 Å². The van der Waals surface area contributed by atoms with Gasteiger partial charge in [0.05, 0.1) is 7.11 Å². The Morgan fingerprint density at radius 1 is 1.03 bits per heavy atom. The van der Waals surface area contributed by atoms with Gasteiger partial charge in [-0.1, -0.05) is 30.3 Å². The Morgan fingerprint density at radius 2 is 1.75 bits per heavy atom. The summed E-state index contributed by atoms with van der Waals surface area (Å²) >= 11 is 0. The number of methoxy groups -OCH3 is 1. The summed E-state index contributed by atoms with van der Waals surface area (Å²) in [5.41, 5.74) is 2.50. The maximum Gasteiger partial charge on any atom is 0.325 e. The number of benzene rings is 2. The summed E-state index contributed by atoms with van der Waals surface area (Å²) in [5, 5.41) is 20.1. The van der Waals surface area contributed by atoms with Crippen LogP contribution in [0.5, 0.6) is 5.75 Å². The third-order valence-electron chi connectivity index (χ3n) is 5.97. The molecule has 1 aromatic heterocycles. The molecule has 32 heavy (non-hydrogen) atoms. The van der Waals surface area contributed by atoms with Gasteiger partial charge in [-0.25, -0.2) is 0 Å². The van der Waals surface area contributed by atoms with Gasteiger partial charge in [-0.05, 0) is 23.8 Å². The monoisotopic (exact) mass is 437 g/mol. The maximum absolute atomic E-state index is 12.4. The molecule has 1 saturated heterocycles. The first-order chi connectivity index (χ1) is 15.5. The normalized spacial score (nSPS) is 16.2. The van der Waals surface area contributed by atoms with Crippen molar-refractivity contribution < 1.29 is 24.5 Å². The van der Waals surface area contributed by atoms with Crippen LogP contribution in [0.4, 0.5) is 0 Å². The van der Waals surface area contributed by atoms with E-state index in [4.69, 9.17) is 4.74 Å². The predicted molar refractivity (Wildman–Crippen MR) is 120 cm³/mol. The van der Waals surface area contributed by atoms with E-state index < -0.39 is 18.0 Å². The van der Waals surface area contributed by atoms with Crippen LogP contribution in [0.15, 0.2) is 54.7 Å². The fourth-order valence-electron chi connectivity index (χ4n) is 4.43. The molecule has 1 fully saturated rings. The van der Waals surface area contributed by atoms with E-state index in [1.165, 1.54) is 5.56 Å². The highest BCUT2D eigenvalue weighted by Crippen LogP contribution is 2.33. The highest BCUT2D eigenvalue weighted by Gasteiger charge is 2.33. The molecule has 0 unspecified atom stereocenters. The van der Waals surface area contributed by atoms with Gasteiger partial charge in [-0.15, -0.1) is 0 Å². The van der Waals surface area contributed by atoms with Gasteiger partial charge < -0.3 is 19.5 Å². The summed E-state index contributed by atoms with van der Waals surface area (Å²) < 4.78 is 6.92. The fourth-order valence-corrected chi connectivity index (χ4v) is 4.43. The van der Waals surface area contributed by atoms with Crippen LogP contribution in [0.3, 0.4) is 0 Å². The lowest BCUT2D eigenvalue weighted by atomic mass is 10.0. The van der Waals surface area contributed by atoms with Crippen molar-refractivity contribution in [3.8, 4) is 5.75 Å². The van der Waals surface area contributed by atoms with Gasteiger partial charge in [-0.3, -0.25) is 19.4 Å². The van der Waals surface area contributed by atoms with E-state index in [2.05, 4.69) is 17.0 Å². The number of carboxylic acid groups (broad SMARTS) is 2. The molecule has 3 aromatic rings. The second-order valence-electron chi connectivity index (χ2n) is 8.03. The minimum absolute atomic E-state index is 0.236. The molecule has 1 aliphatic heterocycles. The van der Waals surface area contributed by atoms with Crippen molar-refractivity contribution in [2.24, 2.45) is 0 Å². The Bertz CT molecular complexity index is 1100. The van der Waals surface area contributed by atoms with Crippen LogP contribution in [0, 0.1) is 0 Å². The zero-order chi connectivity index (χ0) is 22.7. The van der Waals surface area contributed by atoms with Gasteiger partial charge in [0.15, 0.2) is 0 Å². The summed E-state index contributed by atoms with van der Waals surface area (Å²) in [5.74, 6) is -1.33. The largest absolute Gasteiger partial charge is 0.497 e. The van der Waals surface area contributed by atoms with Crippen LogP contribution in [0.25, 0.3) is 10.9 Å². The highest BCUT2D eigenvalue weighted by atomic mass is 16.5. The molecule has 1 atom stereocenters. The smallest absolute Gasteiger partial charge is 0.325 e. The summed E-state index contributed by atoms with van der Waals surface area (Å²) in [6.07, 6.45) is 1.66. The van der Waals surface area contributed by atoms with Gasteiger partial charge in [0.25, 0.3) is 0 Å². The number of fused-ring (bicyclic) bond motifs is 1. The molecule has 8 nitrogen and oxygen atoms in total. The van der Waals surface area contributed by atoms with Gasteiger partial charge in [0.1, 0.15) is 18.3 Å². The predicted octanol–water partition coefficient (Wildman–Crippen LogP) is 2.68. The van der Waals surface area contributed by atoms with Crippen LogP contribution in [-0.2, 0) is 22.7 Å². The third kappa shape index (κ3) is 4.61. The van der Waals surface area contributed by atoms with Crippen molar-refractivity contribution in [3.63, 3.8) is 0 Å². The summed E-state index contributed by atoms with van der Waals surface area (Å²) in [6, 6.07) is 14.7. The van der Waals surface area contributed by atoms with E-state index in [0.717, 1.165) is 19.6 Å². The summed E-state index contributed by atoms with van der Waals surface area (Å²) in [7, 11) is 1.55. The topological polar surface area (TPSA) is 95.2 Å². The van der Waals surface area contributed by atoms with Gasteiger partial charge in [0, 0.05) is 55.4 Å². The molecule has 2 aromatic carbocycles. The molecular formula is C24H27N3O5. The molecule has 0 spiro atoms. The summed E-state index contributed by atoms with van der Waals surface area (Å²) in [4.78, 5) is 28.0. The van der Waals surface area contributed by atoms with E-state index >= 15 is 0 Å². The van der Waals surface area contributed by atoms with Crippen LogP contribution in [0.2, 0.25) is 0 Å². The number of aliphatic carboxylic acids is 2. The van der Waals surface area contributed by atoms with Gasteiger partial charge in [0.2, 0.25) is 0 Å². The average Bonchev–Trinajstić information content (AvgIpc) is 3.12. The van der Waals surface area contributed by atoms with Crippen LogP contribution < -0.4 is 4.74 Å². The number of rotatable bonds is 8. The number of hydrogen-bond donors (Lipinski definition) is 2. The molecular weight excluding hydrogens is 410 g/mol. The lowest BCUT2D eigenvalue weighted by molar-refractivity contribution is -0.144. The zero-order valence-corrected chi connectivity index (χ0v) is 18.0. The molecule has 2 N–H and O–H groups in total. The van der Waals surface area contributed by atoms with Crippen LogP contribution in [-0.4, -0.2) is 69.8 Å². The molecule has 1 aliphatic rings. The number of carboxylic acids is 2. The zero-order valence-electron chi connectivity index (χ0n) is 18.0. The lowest BCUT2D eigenvalue weighted by Gasteiger charge is -2.37. The van der Waals surface area contributed by atoms with Crippen molar-refractivity contribution >= 4 is 22.8 Å². The van der Waals surface area contributed by atoms with E-state index in [1.54, 1.807) is 36.1 Å². The van der Waals surface area contributed by atoms with Crippen molar-refractivity contribution in [1.82, 2.24) is 14.4 Å². The highest BCUT2D eigenvalue weighted by molar-refractivity contribution is 5.91. The summed E-state index contributed by atoms with van der Waals surface area (Å²) in [6.45, 7) is 3.34. The molecule has 2 heterocycles. The third-order valence-corrected chi connectivity index (χ3v) is 5.97. The second kappa shape index (κ2) is 9.42. The van der Waals surface area contributed by atoms with Gasteiger partial charge in [-0.2, -0.15) is 0 Å². The number of piperazine rings is 1. The Morgan fingerprint density at radius 3 is 2.38 bits per heavy atom.